The lowest BCUT2D eigenvalue weighted by molar-refractivity contribution is -0.0906. The molecule has 28 heavy (non-hydrogen) atoms. The van der Waals surface area contributed by atoms with Crippen molar-refractivity contribution >= 4 is 23.2 Å². The van der Waals surface area contributed by atoms with Crippen LogP contribution in [-0.2, 0) is 34.5 Å². The van der Waals surface area contributed by atoms with Gasteiger partial charge in [-0.3, -0.25) is 9.89 Å². The Balaban J connectivity index is 1.35. The minimum Gasteiger partial charge on any atom is -0.477 e. The molecule has 1 fully saturated rings. The second kappa shape index (κ2) is 6.68. The first-order chi connectivity index (χ1) is 13.6. The van der Waals surface area contributed by atoms with Crippen LogP contribution in [0.2, 0.25) is 0 Å². The maximum Gasteiger partial charge on any atom is 0.345 e. The second-order valence-corrected chi connectivity index (χ2v) is 8.54. The van der Waals surface area contributed by atoms with Gasteiger partial charge in [-0.2, -0.15) is 5.10 Å². The number of carbonyl (C=O) groups is 2. The summed E-state index contributed by atoms with van der Waals surface area (Å²) in [4.78, 5) is 27.6. The van der Waals surface area contributed by atoms with Crippen molar-refractivity contribution in [3.8, 4) is 0 Å². The number of likely N-dealkylation sites (tertiary alicyclic amines) is 1. The lowest BCUT2D eigenvalue weighted by atomic mass is 9.85. The van der Waals surface area contributed by atoms with Crippen LogP contribution in [0.3, 0.4) is 0 Å². The molecule has 1 amide bonds. The number of aromatic nitrogens is 2. The molecule has 9 heteroatoms. The summed E-state index contributed by atoms with van der Waals surface area (Å²) in [7, 11) is 0. The van der Waals surface area contributed by atoms with Gasteiger partial charge in [0.1, 0.15) is 10.5 Å². The number of aromatic carboxylic acids is 1. The standard InChI is InChI=1S/C19H21N3O5S/c23-17(15-12-10-26-7-2-13(12)20-21-15)22-5-3-19(4-6-22)16-11(1-8-27-19)9-14(28-16)18(24)25/h9H,1-8,10H2,(H,20,21)(H,24,25). The summed E-state index contributed by atoms with van der Waals surface area (Å²) in [6.45, 7) is 2.77. The SMILES string of the molecule is O=C(O)c1cc2c(s1)C1(CCN(C(=O)c3n[nH]c4c3COCC4)CC1)OCC2. The van der Waals surface area contributed by atoms with Crippen molar-refractivity contribution in [2.75, 3.05) is 26.3 Å². The van der Waals surface area contributed by atoms with Gasteiger partial charge in [-0.1, -0.05) is 0 Å². The molecule has 2 aromatic rings. The number of nitrogens with one attached hydrogen (secondary N) is 1. The quantitative estimate of drug-likeness (QED) is 0.794. The zero-order valence-corrected chi connectivity index (χ0v) is 16.1. The largest absolute Gasteiger partial charge is 0.477 e. The van der Waals surface area contributed by atoms with E-state index < -0.39 is 11.6 Å². The summed E-state index contributed by atoms with van der Waals surface area (Å²) in [5.74, 6) is -0.973. The van der Waals surface area contributed by atoms with Crippen LogP contribution >= 0.6 is 11.3 Å². The molecule has 8 nitrogen and oxygen atoms in total. The van der Waals surface area contributed by atoms with Gasteiger partial charge in [0.05, 0.1) is 19.8 Å². The van der Waals surface area contributed by atoms with Crippen LogP contribution in [0.15, 0.2) is 6.07 Å². The second-order valence-electron chi connectivity index (χ2n) is 7.49. The molecule has 0 saturated carbocycles. The van der Waals surface area contributed by atoms with Crippen LogP contribution in [0.25, 0.3) is 0 Å². The van der Waals surface area contributed by atoms with Crippen molar-refractivity contribution in [3.63, 3.8) is 0 Å². The van der Waals surface area contributed by atoms with Crippen LogP contribution in [0.5, 0.6) is 0 Å². The van der Waals surface area contributed by atoms with Crippen LogP contribution in [0.4, 0.5) is 0 Å². The fraction of sp³-hybridized carbons (Fsp3) is 0.526. The predicted octanol–water partition coefficient (Wildman–Crippen LogP) is 1.95. The Hall–Kier alpha value is -2.23. The molecule has 3 aliphatic rings. The molecular formula is C19H21N3O5S. The fourth-order valence-electron chi connectivity index (χ4n) is 4.41. The zero-order valence-electron chi connectivity index (χ0n) is 15.3. The molecular weight excluding hydrogens is 382 g/mol. The smallest absolute Gasteiger partial charge is 0.345 e. The van der Waals surface area contributed by atoms with E-state index in [0.717, 1.165) is 34.5 Å². The number of carboxylic acids is 1. The Morgan fingerprint density at radius 1 is 1.25 bits per heavy atom. The highest BCUT2D eigenvalue weighted by molar-refractivity contribution is 7.14. The summed E-state index contributed by atoms with van der Waals surface area (Å²) in [5, 5.41) is 16.6. The number of ether oxygens (including phenoxy) is 2. The van der Waals surface area contributed by atoms with E-state index >= 15 is 0 Å². The van der Waals surface area contributed by atoms with Crippen molar-refractivity contribution in [2.45, 2.75) is 37.9 Å². The maximum atomic E-state index is 13.0. The zero-order chi connectivity index (χ0) is 19.3. The third-order valence-electron chi connectivity index (χ3n) is 5.94. The fourth-order valence-corrected chi connectivity index (χ4v) is 5.66. The summed E-state index contributed by atoms with van der Waals surface area (Å²) in [6.07, 6.45) is 2.81. The number of fused-ring (bicyclic) bond motifs is 3. The number of carbonyl (C=O) groups excluding carboxylic acids is 1. The molecule has 2 aromatic heterocycles. The van der Waals surface area contributed by atoms with Crippen LogP contribution in [0, 0.1) is 0 Å². The molecule has 5 heterocycles. The van der Waals surface area contributed by atoms with Crippen LogP contribution < -0.4 is 0 Å². The Bertz CT molecular complexity index is 942. The molecule has 0 unspecified atom stereocenters. The number of carboxylic acid groups (broad SMARTS) is 1. The maximum absolute atomic E-state index is 13.0. The average molecular weight is 403 g/mol. The lowest BCUT2D eigenvalue weighted by Gasteiger charge is -2.43. The molecule has 5 rings (SSSR count). The number of thiophene rings is 1. The van der Waals surface area contributed by atoms with Gasteiger partial charge in [0.2, 0.25) is 0 Å². The highest BCUT2D eigenvalue weighted by atomic mass is 32.1. The van der Waals surface area contributed by atoms with E-state index in [1.807, 2.05) is 4.90 Å². The van der Waals surface area contributed by atoms with Crippen molar-refractivity contribution in [1.82, 2.24) is 15.1 Å². The molecule has 148 valence electrons. The van der Waals surface area contributed by atoms with E-state index in [1.54, 1.807) is 6.07 Å². The third-order valence-corrected chi connectivity index (χ3v) is 7.29. The average Bonchev–Trinajstić information content (AvgIpc) is 3.34. The number of rotatable bonds is 2. The summed E-state index contributed by atoms with van der Waals surface area (Å²) < 4.78 is 11.7. The van der Waals surface area contributed by atoms with E-state index in [1.165, 1.54) is 11.3 Å². The third kappa shape index (κ3) is 2.76. The normalized spacial score (nSPS) is 20.6. The highest BCUT2D eigenvalue weighted by Crippen LogP contribution is 2.45. The molecule has 0 atom stereocenters. The van der Waals surface area contributed by atoms with E-state index in [4.69, 9.17) is 9.47 Å². The van der Waals surface area contributed by atoms with Gasteiger partial charge in [0.25, 0.3) is 5.91 Å². The Morgan fingerprint density at radius 3 is 2.86 bits per heavy atom. The first kappa shape index (κ1) is 17.8. The predicted molar refractivity (Wildman–Crippen MR) is 99.7 cm³/mol. The first-order valence-corrected chi connectivity index (χ1v) is 10.3. The topological polar surface area (TPSA) is 105 Å². The number of amides is 1. The molecule has 2 N–H and O–H groups in total. The molecule has 0 aliphatic carbocycles. The van der Waals surface area contributed by atoms with E-state index in [-0.39, 0.29) is 5.91 Å². The summed E-state index contributed by atoms with van der Waals surface area (Å²) >= 11 is 1.31. The lowest BCUT2D eigenvalue weighted by Crippen LogP contribution is -2.48. The highest BCUT2D eigenvalue weighted by Gasteiger charge is 2.44. The number of piperidine rings is 1. The number of H-pyrrole nitrogens is 1. The van der Waals surface area contributed by atoms with Crippen molar-refractivity contribution in [2.24, 2.45) is 0 Å². The molecule has 3 aliphatic heterocycles. The number of nitrogens with zero attached hydrogens (tertiary/aromatic N) is 2. The summed E-state index contributed by atoms with van der Waals surface area (Å²) in [6, 6.07) is 1.78. The van der Waals surface area contributed by atoms with E-state index in [9.17, 15) is 14.7 Å². The first-order valence-electron chi connectivity index (χ1n) is 9.51. The number of aromatic amines is 1. The number of hydrogen-bond donors (Lipinski definition) is 2. The van der Waals surface area contributed by atoms with Crippen LogP contribution in [0.1, 0.15) is 54.7 Å². The Morgan fingerprint density at radius 2 is 2.07 bits per heavy atom. The molecule has 0 radical (unpaired) electrons. The van der Waals surface area contributed by atoms with Gasteiger partial charge >= 0.3 is 5.97 Å². The summed E-state index contributed by atoms with van der Waals surface area (Å²) in [5.41, 5.74) is 2.92. The van der Waals surface area contributed by atoms with Gasteiger partial charge in [-0.15, -0.1) is 11.3 Å². The Labute approximate surface area is 165 Å². The van der Waals surface area contributed by atoms with Crippen molar-refractivity contribution < 1.29 is 24.2 Å². The molecule has 1 saturated heterocycles. The van der Waals surface area contributed by atoms with Crippen molar-refractivity contribution in [3.05, 3.63) is 38.3 Å². The van der Waals surface area contributed by atoms with Crippen molar-refractivity contribution in [1.29, 1.82) is 0 Å². The van der Waals surface area contributed by atoms with Gasteiger partial charge in [0, 0.05) is 35.6 Å². The van der Waals surface area contributed by atoms with Crippen LogP contribution in [-0.4, -0.2) is 58.4 Å². The molecule has 1 spiro atoms. The Kier molecular flexibility index (Phi) is 4.26. The molecule has 0 aromatic carbocycles. The van der Waals surface area contributed by atoms with E-state index in [2.05, 4.69) is 10.2 Å². The van der Waals surface area contributed by atoms with E-state index in [0.29, 0.717) is 56.3 Å². The van der Waals surface area contributed by atoms with Gasteiger partial charge in [-0.25, -0.2) is 4.79 Å². The minimum absolute atomic E-state index is 0.0775. The minimum atomic E-state index is -0.896. The van der Waals surface area contributed by atoms with Gasteiger partial charge in [0.15, 0.2) is 5.69 Å². The molecule has 0 bridgehead atoms. The van der Waals surface area contributed by atoms with Gasteiger partial charge in [-0.05, 0) is 30.9 Å². The monoisotopic (exact) mass is 403 g/mol. The number of hydrogen-bond acceptors (Lipinski definition) is 6. The van der Waals surface area contributed by atoms with Gasteiger partial charge < -0.3 is 19.5 Å².